The highest BCUT2D eigenvalue weighted by Crippen LogP contribution is 2.21. The molecule has 0 unspecified atom stereocenters. The van der Waals surface area contributed by atoms with Crippen molar-refractivity contribution in [1.29, 1.82) is 0 Å². The Hall–Kier alpha value is -2.27. The molecule has 0 bridgehead atoms. The summed E-state index contributed by atoms with van der Waals surface area (Å²) in [6, 6.07) is 8.80. The minimum Gasteiger partial charge on any atom is -0.488 e. The summed E-state index contributed by atoms with van der Waals surface area (Å²) in [5, 5.41) is 12.2. The molecule has 5 nitrogen and oxygen atoms in total. The minimum atomic E-state index is -0.00331. The average molecular weight is 278 g/mol. The Morgan fingerprint density at radius 3 is 2.89 bits per heavy atom. The normalized spacial score (nSPS) is 11.3. The van der Waals surface area contributed by atoms with E-state index in [0.29, 0.717) is 16.3 Å². The van der Waals surface area contributed by atoms with Crippen LogP contribution in [0.3, 0.4) is 0 Å². The van der Waals surface area contributed by atoms with Crippen LogP contribution in [0.5, 0.6) is 5.75 Å². The topological polar surface area (TPSA) is 80.7 Å². The number of amidine groups is 1. The zero-order valence-electron chi connectivity index (χ0n) is 9.95. The fraction of sp³-hybridized carbons (Fsp3) is 0.0769. The molecule has 0 saturated carbocycles. The van der Waals surface area contributed by atoms with Crippen LogP contribution in [-0.2, 0) is 6.61 Å². The van der Waals surface area contributed by atoms with Gasteiger partial charge >= 0.3 is 0 Å². The predicted molar refractivity (Wildman–Crippen MR) is 72.5 cm³/mol. The maximum absolute atomic E-state index is 8.72. The zero-order chi connectivity index (χ0) is 13.7. The highest BCUT2D eigenvalue weighted by atomic mass is 35.5. The van der Waals surface area contributed by atoms with Gasteiger partial charge in [-0.2, -0.15) is 0 Å². The third-order valence-electron chi connectivity index (χ3n) is 2.51. The van der Waals surface area contributed by atoms with Gasteiger partial charge in [0.25, 0.3) is 0 Å². The molecule has 1 aromatic carbocycles. The Balaban J connectivity index is 2.19. The summed E-state index contributed by atoms with van der Waals surface area (Å²) in [5.74, 6) is 0.516. The van der Waals surface area contributed by atoms with Crippen LogP contribution in [0.25, 0.3) is 0 Å². The molecule has 0 aliphatic heterocycles. The Bertz CT molecular complexity index is 602. The minimum absolute atomic E-state index is 0.00331. The summed E-state index contributed by atoms with van der Waals surface area (Å²) in [7, 11) is 0. The molecule has 0 atom stereocenters. The third-order valence-corrected chi connectivity index (χ3v) is 2.85. The fourth-order valence-electron chi connectivity index (χ4n) is 1.53. The maximum Gasteiger partial charge on any atom is 0.173 e. The van der Waals surface area contributed by atoms with Gasteiger partial charge in [0.2, 0.25) is 0 Å². The lowest BCUT2D eigenvalue weighted by Gasteiger charge is -2.11. The molecule has 0 aliphatic rings. The van der Waals surface area contributed by atoms with Gasteiger partial charge in [-0.25, -0.2) is 0 Å². The zero-order valence-corrected chi connectivity index (χ0v) is 10.7. The predicted octanol–water partition coefficient (Wildman–Crippen LogP) is 2.41. The van der Waals surface area contributed by atoms with Gasteiger partial charge in [0.05, 0.1) is 10.6 Å². The molecule has 0 radical (unpaired) electrons. The Kier molecular flexibility index (Phi) is 4.20. The number of ether oxygens (including phenoxy) is 1. The first-order chi connectivity index (χ1) is 9.22. The van der Waals surface area contributed by atoms with Crippen LogP contribution >= 0.6 is 11.6 Å². The molecule has 1 aromatic heterocycles. The number of aromatic nitrogens is 1. The van der Waals surface area contributed by atoms with Gasteiger partial charge in [-0.05, 0) is 18.2 Å². The maximum atomic E-state index is 8.72. The third kappa shape index (κ3) is 3.14. The summed E-state index contributed by atoms with van der Waals surface area (Å²) in [4.78, 5) is 3.90. The molecule has 0 fully saturated rings. The van der Waals surface area contributed by atoms with E-state index >= 15 is 0 Å². The lowest BCUT2D eigenvalue weighted by Crippen LogP contribution is -2.14. The Morgan fingerprint density at radius 2 is 2.16 bits per heavy atom. The second kappa shape index (κ2) is 6.06. The van der Waals surface area contributed by atoms with Crippen molar-refractivity contribution in [2.45, 2.75) is 6.61 Å². The highest BCUT2D eigenvalue weighted by molar-refractivity contribution is 6.31. The lowest BCUT2D eigenvalue weighted by molar-refractivity contribution is 0.303. The number of nitrogens with two attached hydrogens (primary N) is 1. The van der Waals surface area contributed by atoms with Crippen molar-refractivity contribution >= 4 is 17.4 Å². The molecule has 3 N–H and O–H groups in total. The van der Waals surface area contributed by atoms with Crippen molar-refractivity contribution in [3.05, 3.63) is 58.9 Å². The SMILES string of the molecule is NC(=NO)c1ccccc1OCc1ccncc1Cl. The lowest BCUT2D eigenvalue weighted by atomic mass is 10.2. The number of benzene rings is 1. The van der Waals surface area contributed by atoms with Crippen molar-refractivity contribution in [2.75, 3.05) is 0 Å². The number of rotatable bonds is 4. The van der Waals surface area contributed by atoms with Crippen LogP contribution in [-0.4, -0.2) is 16.0 Å². The Morgan fingerprint density at radius 1 is 1.37 bits per heavy atom. The van der Waals surface area contributed by atoms with Crippen LogP contribution in [0.2, 0.25) is 5.02 Å². The molecule has 98 valence electrons. The van der Waals surface area contributed by atoms with Gasteiger partial charge in [0, 0.05) is 18.0 Å². The first-order valence-corrected chi connectivity index (χ1v) is 5.88. The number of pyridine rings is 1. The highest BCUT2D eigenvalue weighted by Gasteiger charge is 2.08. The van der Waals surface area contributed by atoms with E-state index in [4.69, 9.17) is 27.3 Å². The van der Waals surface area contributed by atoms with Gasteiger partial charge in [0.15, 0.2) is 5.84 Å². The van der Waals surface area contributed by atoms with E-state index in [1.807, 2.05) is 0 Å². The summed E-state index contributed by atoms with van der Waals surface area (Å²) in [6.45, 7) is 0.275. The largest absolute Gasteiger partial charge is 0.488 e. The van der Waals surface area contributed by atoms with Crippen LogP contribution in [0, 0.1) is 0 Å². The average Bonchev–Trinajstić information content (AvgIpc) is 2.46. The van der Waals surface area contributed by atoms with Crippen molar-refractivity contribution in [3.8, 4) is 5.75 Å². The van der Waals surface area contributed by atoms with Gasteiger partial charge < -0.3 is 15.7 Å². The quantitative estimate of drug-likeness (QED) is 0.389. The number of oxime groups is 1. The number of nitrogens with zero attached hydrogens (tertiary/aromatic N) is 2. The van der Waals surface area contributed by atoms with E-state index in [-0.39, 0.29) is 12.4 Å². The summed E-state index contributed by atoms with van der Waals surface area (Å²) < 4.78 is 5.64. The molecule has 2 rings (SSSR count). The van der Waals surface area contributed by atoms with Gasteiger partial charge in [-0.3, -0.25) is 4.98 Å². The van der Waals surface area contributed by atoms with E-state index in [0.717, 1.165) is 5.56 Å². The van der Waals surface area contributed by atoms with Gasteiger partial charge in [-0.1, -0.05) is 28.9 Å². The van der Waals surface area contributed by atoms with Crippen molar-refractivity contribution < 1.29 is 9.94 Å². The van der Waals surface area contributed by atoms with E-state index in [1.54, 1.807) is 42.7 Å². The van der Waals surface area contributed by atoms with Crippen molar-refractivity contribution in [1.82, 2.24) is 4.98 Å². The van der Waals surface area contributed by atoms with E-state index in [1.165, 1.54) is 0 Å². The molecular weight excluding hydrogens is 266 g/mol. The second-order valence-corrected chi connectivity index (χ2v) is 4.14. The summed E-state index contributed by atoms with van der Waals surface area (Å²) in [6.07, 6.45) is 3.19. The number of hydrogen-bond acceptors (Lipinski definition) is 4. The van der Waals surface area contributed by atoms with Crippen LogP contribution in [0.4, 0.5) is 0 Å². The molecule has 6 heteroatoms. The van der Waals surface area contributed by atoms with Crippen LogP contribution in [0.1, 0.15) is 11.1 Å². The summed E-state index contributed by atoms with van der Waals surface area (Å²) in [5.41, 5.74) is 6.91. The van der Waals surface area contributed by atoms with Crippen LogP contribution < -0.4 is 10.5 Å². The smallest absolute Gasteiger partial charge is 0.173 e. The Labute approximate surface area is 115 Å². The van der Waals surface area contributed by atoms with Crippen molar-refractivity contribution in [2.24, 2.45) is 10.9 Å². The molecule has 1 heterocycles. The standard InChI is InChI=1S/C13H12ClN3O2/c14-11-7-16-6-5-9(11)8-19-12-4-2-1-3-10(12)13(15)17-18/h1-7,18H,8H2,(H2,15,17). The molecule has 0 saturated heterocycles. The van der Waals surface area contributed by atoms with E-state index in [9.17, 15) is 0 Å². The van der Waals surface area contributed by atoms with Crippen molar-refractivity contribution in [3.63, 3.8) is 0 Å². The van der Waals surface area contributed by atoms with Gasteiger partial charge in [0.1, 0.15) is 12.4 Å². The number of para-hydroxylation sites is 1. The molecule has 19 heavy (non-hydrogen) atoms. The van der Waals surface area contributed by atoms with E-state index < -0.39 is 0 Å². The van der Waals surface area contributed by atoms with Crippen LogP contribution in [0.15, 0.2) is 47.9 Å². The first-order valence-electron chi connectivity index (χ1n) is 5.50. The molecule has 2 aromatic rings. The van der Waals surface area contributed by atoms with Gasteiger partial charge in [-0.15, -0.1) is 0 Å². The van der Waals surface area contributed by atoms with E-state index in [2.05, 4.69) is 10.1 Å². The number of halogens is 1. The molecule has 0 amide bonds. The second-order valence-electron chi connectivity index (χ2n) is 3.74. The summed E-state index contributed by atoms with van der Waals surface area (Å²) >= 11 is 5.99. The number of hydrogen-bond donors (Lipinski definition) is 2. The fourth-order valence-corrected chi connectivity index (χ4v) is 1.71. The molecule has 0 spiro atoms. The molecule has 0 aliphatic carbocycles. The monoisotopic (exact) mass is 277 g/mol. The molecular formula is C13H12ClN3O2. The first kappa shape index (κ1) is 13.2.